The summed E-state index contributed by atoms with van der Waals surface area (Å²) in [6.45, 7) is 0.146. The fraction of sp³-hybridized carbons (Fsp3) is 0.0500. The van der Waals surface area contributed by atoms with Crippen molar-refractivity contribution < 1.29 is 23.0 Å². The SMILES string of the molecule is O=C(Nc1ccc(Nc2ccc(F)c(F)c2)cc1)c1ccc2c(c1)OCO2. The highest BCUT2D eigenvalue weighted by atomic mass is 19.2. The van der Waals surface area contributed by atoms with E-state index in [1.165, 1.54) is 6.07 Å². The number of amides is 1. The maximum absolute atomic E-state index is 13.3. The van der Waals surface area contributed by atoms with Crippen LogP contribution in [0.15, 0.2) is 60.7 Å². The number of rotatable bonds is 4. The smallest absolute Gasteiger partial charge is 0.255 e. The first-order valence-corrected chi connectivity index (χ1v) is 8.12. The Morgan fingerprint density at radius 2 is 1.48 bits per heavy atom. The molecule has 3 aromatic rings. The van der Waals surface area contributed by atoms with E-state index in [0.29, 0.717) is 34.1 Å². The highest BCUT2D eigenvalue weighted by Crippen LogP contribution is 2.32. The average Bonchev–Trinajstić information content (AvgIpc) is 3.14. The van der Waals surface area contributed by atoms with Gasteiger partial charge < -0.3 is 20.1 Å². The topological polar surface area (TPSA) is 59.6 Å². The molecule has 3 aromatic carbocycles. The number of anilines is 3. The molecule has 5 nitrogen and oxygen atoms in total. The maximum atomic E-state index is 13.3. The van der Waals surface area contributed by atoms with Crippen LogP contribution >= 0.6 is 0 Å². The molecule has 0 saturated heterocycles. The Hall–Kier alpha value is -3.61. The lowest BCUT2D eigenvalue weighted by molar-refractivity contribution is 0.102. The van der Waals surface area contributed by atoms with Gasteiger partial charge in [-0.2, -0.15) is 0 Å². The third-order valence-electron chi connectivity index (χ3n) is 3.99. The van der Waals surface area contributed by atoms with Crippen molar-refractivity contribution in [2.75, 3.05) is 17.4 Å². The molecule has 0 radical (unpaired) electrons. The molecule has 0 aromatic heterocycles. The van der Waals surface area contributed by atoms with Crippen molar-refractivity contribution in [2.24, 2.45) is 0 Å². The van der Waals surface area contributed by atoms with Gasteiger partial charge in [0.1, 0.15) is 0 Å². The van der Waals surface area contributed by atoms with E-state index in [1.54, 1.807) is 42.5 Å². The van der Waals surface area contributed by atoms with E-state index in [0.717, 1.165) is 12.1 Å². The van der Waals surface area contributed by atoms with Crippen LogP contribution in [0.3, 0.4) is 0 Å². The Balaban J connectivity index is 1.43. The van der Waals surface area contributed by atoms with Crippen LogP contribution in [-0.2, 0) is 0 Å². The molecule has 0 saturated carbocycles. The molecular formula is C20H14F2N2O3. The van der Waals surface area contributed by atoms with Crippen molar-refractivity contribution in [3.8, 4) is 11.5 Å². The summed E-state index contributed by atoms with van der Waals surface area (Å²) >= 11 is 0. The number of ether oxygens (including phenoxy) is 2. The van der Waals surface area contributed by atoms with Gasteiger partial charge in [-0.25, -0.2) is 8.78 Å². The molecule has 1 heterocycles. The maximum Gasteiger partial charge on any atom is 0.255 e. The van der Waals surface area contributed by atoms with Crippen molar-refractivity contribution in [3.63, 3.8) is 0 Å². The molecule has 2 N–H and O–H groups in total. The molecule has 1 amide bonds. The zero-order chi connectivity index (χ0) is 18.8. The second-order valence-electron chi connectivity index (χ2n) is 5.85. The molecule has 136 valence electrons. The minimum Gasteiger partial charge on any atom is -0.454 e. The summed E-state index contributed by atoms with van der Waals surface area (Å²) in [4.78, 5) is 12.4. The largest absolute Gasteiger partial charge is 0.454 e. The summed E-state index contributed by atoms with van der Waals surface area (Å²) in [6, 6.07) is 15.4. The monoisotopic (exact) mass is 368 g/mol. The van der Waals surface area contributed by atoms with E-state index in [-0.39, 0.29) is 12.7 Å². The Morgan fingerprint density at radius 3 is 2.26 bits per heavy atom. The van der Waals surface area contributed by atoms with Gasteiger partial charge in [-0.1, -0.05) is 0 Å². The third-order valence-corrected chi connectivity index (χ3v) is 3.99. The van der Waals surface area contributed by atoms with Gasteiger partial charge in [0.2, 0.25) is 6.79 Å². The summed E-state index contributed by atoms with van der Waals surface area (Å²) in [6.07, 6.45) is 0. The highest BCUT2D eigenvalue weighted by molar-refractivity contribution is 6.04. The standard InChI is InChI=1S/C20H14F2N2O3/c21-16-7-6-15(10-17(16)22)23-13-2-4-14(5-3-13)24-20(25)12-1-8-18-19(9-12)27-11-26-18/h1-10,23H,11H2,(H,24,25). The molecule has 1 aliphatic rings. The Morgan fingerprint density at radius 1 is 0.778 bits per heavy atom. The predicted molar refractivity (Wildman–Crippen MR) is 96.6 cm³/mol. The number of halogens is 2. The van der Waals surface area contributed by atoms with Gasteiger partial charge >= 0.3 is 0 Å². The van der Waals surface area contributed by atoms with Gasteiger partial charge in [0.05, 0.1) is 0 Å². The minimum atomic E-state index is -0.924. The van der Waals surface area contributed by atoms with Crippen molar-refractivity contribution in [2.45, 2.75) is 0 Å². The van der Waals surface area contributed by atoms with E-state index in [1.807, 2.05) is 0 Å². The van der Waals surface area contributed by atoms with Crippen LogP contribution in [0.4, 0.5) is 25.8 Å². The zero-order valence-electron chi connectivity index (χ0n) is 14.0. The number of benzene rings is 3. The average molecular weight is 368 g/mol. The first-order chi connectivity index (χ1) is 13.1. The molecule has 7 heteroatoms. The first-order valence-electron chi connectivity index (χ1n) is 8.12. The molecule has 1 aliphatic heterocycles. The minimum absolute atomic E-state index is 0.146. The molecular weight excluding hydrogens is 354 g/mol. The molecule has 0 bridgehead atoms. The van der Waals surface area contributed by atoms with Crippen molar-refractivity contribution in [3.05, 3.63) is 77.9 Å². The Bertz CT molecular complexity index is 1010. The van der Waals surface area contributed by atoms with E-state index in [2.05, 4.69) is 10.6 Å². The van der Waals surface area contributed by atoms with Gasteiger partial charge in [0, 0.05) is 28.7 Å². The number of nitrogens with one attached hydrogen (secondary N) is 2. The van der Waals surface area contributed by atoms with Gasteiger partial charge in [0.15, 0.2) is 23.1 Å². The van der Waals surface area contributed by atoms with Gasteiger partial charge in [-0.05, 0) is 54.6 Å². The van der Waals surface area contributed by atoms with Crippen molar-refractivity contribution in [1.29, 1.82) is 0 Å². The lowest BCUT2D eigenvalue weighted by Gasteiger charge is -2.09. The second-order valence-corrected chi connectivity index (χ2v) is 5.85. The normalized spacial score (nSPS) is 11.9. The van der Waals surface area contributed by atoms with Crippen LogP contribution in [0.1, 0.15) is 10.4 Å². The lowest BCUT2D eigenvalue weighted by Crippen LogP contribution is -2.11. The molecule has 0 fully saturated rings. The fourth-order valence-electron chi connectivity index (χ4n) is 2.62. The van der Waals surface area contributed by atoms with Crippen LogP contribution in [0, 0.1) is 11.6 Å². The van der Waals surface area contributed by atoms with Gasteiger partial charge in [-0.3, -0.25) is 4.79 Å². The van der Waals surface area contributed by atoms with Gasteiger partial charge in [0.25, 0.3) is 5.91 Å². The van der Waals surface area contributed by atoms with Crippen LogP contribution in [0.5, 0.6) is 11.5 Å². The first kappa shape index (κ1) is 16.8. The summed E-state index contributed by atoms with van der Waals surface area (Å²) in [5.74, 6) is -0.961. The molecule has 4 rings (SSSR count). The highest BCUT2D eigenvalue weighted by Gasteiger charge is 2.16. The lowest BCUT2D eigenvalue weighted by atomic mass is 10.2. The second kappa shape index (κ2) is 6.95. The molecule has 0 unspecified atom stereocenters. The summed E-state index contributed by atoms with van der Waals surface area (Å²) in [5.41, 5.74) is 2.13. The van der Waals surface area contributed by atoms with E-state index in [9.17, 15) is 13.6 Å². The van der Waals surface area contributed by atoms with E-state index >= 15 is 0 Å². The van der Waals surface area contributed by atoms with Gasteiger partial charge in [-0.15, -0.1) is 0 Å². The fourth-order valence-corrected chi connectivity index (χ4v) is 2.62. The van der Waals surface area contributed by atoms with Crippen LogP contribution < -0.4 is 20.1 Å². The number of hydrogen-bond acceptors (Lipinski definition) is 4. The quantitative estimate of drug-likeness (QED) is 0.701. The molecule has 0 aliphatic carbocycles. The summed E-state index contributed by atoms with van der Waals surface area (Å²) in [5, 5.41) is 5.75. The summed E-state index contributed by atoms with van der Waals surface area (Å²) in [7, 11) is 0. The number of carbonyl (C=O) groups is 1. The van der Waals surface area contributed by atoms with Crippen LogP contribution in [0.2, 0.25) is 0 Å². The Kier molecular flexibility index (Phi) is 4.33. The Labute approximate surface area is 153 Å². The van der Waals surface area contributed by atoms with Crippen LogP contribution in [-0.4, -0.2) is 12.7 Å². The number of fused-ring (bicyclic) bond motifs is 1. The molecule has 0 spiro atoms. The molecule has 0 atom stereocenters. The van der Waals surface area contributed by atoms with Crippen LogP contribution in [0.25, 0.3) is 0 Å². The molecule has 27 heavy (non-hydrogen) atoms. The number of carbonyl (C=O) groups excluding carboxylic acids is 1. The van der Waals surface area contributed by atoms with Crippen molar-refractivity contribution in [1.82, 2.24) is 0 Å². The summed E-state index contributed by atoms with van der Waals surface area (Å²) < 4.78 is 36.7. The van der Waals surface area contributed by atoms with E-state index in [4.69, 9.17) is 9.47 Å². The zero-order valence-corrected chi connectivity index (χ0v) is 14.0. The van der Waals surface area contributed by atoms with Crippen molar-refractivity contribution >= 4 is 23.0 Å². The third kappa shape index (κ3) is 3.67. The predicted octanol–water partition coefficient (Wildman–Crippen LogP) is 4.69. The number of hydrogen-bond donors (Lipinski definition) is 2. The van der Waals surface area contributed by atoms with E-state index < -0.39 is 11.6 Å².